The van der Waals surface area contributed by atoms with Gasteiger partial charge >= 0.3 is 11.8 Å². The molecule has 1 heterocycles. The number of carbonyl (C=O) groups is 3. The number of rotatable bonds is 5. The first-order valence-electron chi connectivity index (χ1n) is 9.25. The maximum atomic E-state index is 12.5. The predicted octanol–water partition coefficient (Wildman–Crippen LogP) is 1.35. The van der Waals surface area contributed by atoms with Gasteiger partial charge in [-0.05, 0) is 17.7 Å². The van der Waals surface area contributed by atoms with Gasteiger partial charge in [-0.1, -0.05) is 42.5 Å². The maximum absolute atomic E-state index is 12.5. The molecule has 8 nitrogen and oxygen atoms in total. The summed E-state index contributed by atoms with van der Waals surface area (Å²) in [5.74, 6) is -1.60. The average molecular weight is 397 g/mol. The molecular weight excluding hydrogens is 374 g/mol. The minimum absolute atomic E-state index is 0.210. The summed E-state index contributed by atoms with van der Waals surface area (Å²) in [4.78, 5) is 38.2. The van der Waals surface area contributed by atoms with E-state index in [-0.39, 0.29) is 18.6 Å². The summed E-state index contributed by atoms with van der Waals surface area (Å²) >= 11 is 0. The van der Waals surface area contributed by atoms with Crippen LogP contribution in [0.1, 0.15) is 11.7 Å². The molecule has 0 aromatic heterocycles. The number of hydrogen-bond donors (Lipinski definition) is 2. The van der Waals surface area contributed by atoms with Crippen molar-refractivity contribution in [1.29, 1.82) is 0 Å². The molecule has 0 spiro atoms. The fourth-order valence-electron chi connectivity index (χ4n) is 3.02. The van der Waals surface area contributed by atoms with Crippen molar-refractivity contribution in [3.8, 4) is 5.75 Å². The SMILES string of the molecule is COc1ccccc1NC(=O)C(=O)NCC(=O)N1CCOC(c2ccccc2)C1. The van der Waals surface area contributed by atoms with Crippen molar-refractivity contribution >= 4 is 23.4 Å². The first-order valence-corrected chi connectivity index (χ1v) is 9.25. The lowest BCUT2D eigenvalue weighted by molar-refractivity contribution is -0.141. The van der Waals surface area contributed by atoms with Crippen LogP contribution in [-0.4, -0.2) is 56.0 Å². The Morgan fingerprint density at radius 1 is 1.07 bits per heavy atom. The second-order valence-corrected chi connectivity index (χ2v) is 6.45. The highest BCUT2D eigenvalue weighted by molar-refractivity contribution is 6.40. The van der Waals surface area contributed by atoms with Crippen LogP contribution in [0.15, 0.2) is 54.6 Å². The molecule has 1 atom stereocenters. The van der Waals surface area contributed by atoms with Crippen LogP contribution in [0.4, 0.5) is 5.69 Å². The fraction of sp³-hybridized carbons (Fsp3) is 0.286. The Labute approximate surface area is 168 Å². The summed E-state index contributed by atoms with van der Waals surface area (Å²) in [5, 5.41) is 4.84. The Morgan fingerprint density at radius 2 is 1.79 bits per heavy atom. The van der Waals surface area contributed by atoms with Crippen LogP contribution in [0.3, 0.4) is 0 Å². The van der Waals surface area contributed by atoms with Gasteiger partial charge in [-0.15, -0.1) is 0 Å². The monoisotopic (exact) mass is 397 g/mol. The molecule has 152 valence electrons. The molecule has 1 aliphatic heterocycles. The zero-order valence-corrected chi connectivity index (χ0v) is 16.1. The average Bonchev–Trinajstić information content (AvgIpc) is 2.78. The number of ether oxygens (including phenoxy) is 2. The Balaban J connectivity index is 1.50. The lowest BCUT2D eigenvalue weighted by Gasteiger charge is -2.33. The highest BCUT2D eigenvalue weighted by atomic mass is 16.5. The summed E-state index contributed by atoms with van der Waals surface area (Å²) in [6, 6.07) is 16.4. The predicted molar refractivity (Wildman–Crippen MR) is 106 cm³/mol. The summed E-state index contributed by atoms with van der Waals surface area (Å²) in [7, 11) is 1.47. The first-order chi connectivity index (χ1) is 14.1. The Kier molecular flexibility index (Phi) is 6.80. The molecule has 0 radical (unpaired) electrons. The van der Waals surface area contributed by atoms with E-state index in [1.54, 1.807) is 29.2 Å². The Hall–Kier alpha value is -3.39. The lowest BCUT2D eigenvalue weighted by atomic mass is 10.1. The van der Waals surface area contributed by atoms with Crippen LogP contribution in [0.25, 0.3) is 0 Å². The summed E-state index contributed by atoms with van der Waals surface area (Å²) < 4.78 is 10.9. The van der Waals surface area contributed by atoms with Crippen LogP contribution in [0.5, 0.6) is 5.75 Å². The molecule has 0 saturated carbocycles. The van der Waals surface area contributed by atoms with E-state index in [2.05, 4.69) is 10.6 Å². The van der Waals surface area contributed by atoms with E-state index in [0.717, 1.165) is 5.56 Å². The van der Waals surface area contributed by atoms with E-state index < -0.39 is 11.8 Å². The number of morpholine rings is 1. The van der Waals surface area contributed by atoms with Crippen LogP contribution >= 0.6 is 0 Å². The normalized spacial score (nSPS) is 16.0. The molecule has 1 unspecified atom stereocenters. The van der Waals surface area contributed by atoms with E-state index in [1.165, 1.54) is 7.11 Å². The summed E-state index contributed by atoms with van der Waals surface area (Å²) in [6.45, 7) is 0.977. The van der Waals surface area contributed by atoms with Crippen molar-refractivity contribution in [2.75, 3.05) is 38.7 Å². The van der Waals surface area contributed by atoms with E-state index in [0.29, 0.717) is 31.1 Å². The minimum atomic E-state index is -0.892. The molecule has 2 aromatic carbocycles. The highest BCUT2D eigenvalue weighted by Gasteiger charge is 2.26. The number of hydrogen-bond acceptors (Lipinski definition) is 5. The Bertz CT molecular complexity index is 872. The van der Waals surface area contributed by atoms with Gasteiger partial charge in [0, 0.05) is 6.54 Å². The maximum Gasteiger partial charge on any atom is 0.313 e. The van der Waals surface area contributed by atoms with Gasteiger partial charge in [-0.2, -0.15) is 0 Å². The van der Waals surface area contributed by atoms with Crippen molar-refractivity contribution in [3.63, 3.8) is 0 Å². The molecular formula is C21H23N3O5. The van der Waals surface area contributed by atoms with Crippen LogP contribution in [0.2, 0.25) is 0 Å². The zero-order valence-electron chi connectivity index (χ0n) is 16.1. The third-order valence-corrected chi connectivity index (χ3v) is 4.55. The van der Waals surface area contributed by atoms with Gasteiger partial charge in [0.1, 0.15) is 11.9 Å². The number of carbonyl (C=O) groups excluding carboxylic acids is 3. The number of methoxy groups -OCH3 is 1. The number of benzene rings is 2. The molecule has 2 aromatic rings. The minimum Gasteiger partial charge on any atom is -0.495 e. The quantitative estimate of drug-likeness (QED) is 0.743. The van der Waals surface area contributed by atoms with Crippen molar-refractivity contribution in [1.82, 2.24) is 10.2 Å². The smallest absolute Gasteiger partial charge is 0.313 e. The van der Waals surface area contributed by atoms with E-state index in [1.807, 2.05) is 30.3 Å². The van der Waals surface area contributed by atoms with Crippen LogP contribution in [-0.2, 0) is 19.1 Å². The second kappa shape index (κ2) is 9.70. The van der Waals surface area contributed by atoms with E-state index in [9.17, 15) is 14.4 Å². The van der Waals surface area contributed by atoms with Crippen LogP contribution in [0, 0.1) is 0 Å². The van der Waals surface area contributed by atoms with Crippen molar-refractivity contribution < 1.29 is 23.9 Å². The van der Waals surface area contributed by atoms with Crippen molar-refractivity contribution in [2.24, 2.45) is 0 Å². The molecule has 0 bridgehead atoms. The van der Waals surface area contributed by atoms with Crippen molar-refractivity contribution in [3.05, 3.63) is 60.2 Å². The Morgan fingerprint density at radius 3 is 2.55 bits per heavy atom. The number of para-hydroxylation sites is 2. The highest BCUT2D eigenvalue weighted by Crippen LogP contribution is 2.23. The fourth-order valence-corrected chi connectivity index (χ4v) is 3.02. The first kappa shape index (κ1) is 20.3. The van der Waals surface area contributed by atoms with Gasteiger partial charge in [0.05, 0.1) is 32.5 Å². The molecule has 1 fully saturated rings. The molecule has 0 aliphatic carbocycles. The standard InChI is InChI=1S/C21H23N3O5/c1-28-17-10-6-5-9-16(17)23-21(27)20(26)22-13-19(25)24-11-12-29-18(14-24)15-7-3-2-4-8-15/h2-10,18H,11-14H2,1H3,(H,22,26)(H,23,27). The number of anilines is 1. The van der Waals surface area contributed by atoms with E-state index in [4.69, 9.17) is 9.47 Å². The number of nitrogens with one attached hydrogen (secondary N) is 2. The topological polar surface area (TPSA) is 97.0 Å². The van der Waals surface area contributed by atoms with Gasteiger partial charge < -0.3 is 25.0 Å². The van der Waals surface area contributed by atoms with Crippen molar-refractivity contribution in [2.45, 2.75) is 6.10 Å². The van der Waals surface area contributed by atoms with Gasteiger partial charge in [0.15, 0.2) is 0 Å². The molecule has 3 amide bonds. The summed E-state index contributed by atoms with van der Waals surface area (Å²) in [6.07, 6.45) is -0.210. The van der Waals surface area contributed by atoms with Crippen LogP contribution < -0.4 is 15.4 Å². The summed E-state index contributed by atoms with van der Waals surface area (Å²) in [5.41, 5.74) is 1.37. The van der Waals surface area contributed by atoms with Gasteiger partial charge in [-0.25, -0.2) is 0 Å². The number of nitrogens with zero attached hydrogens (tertiary/aromatic N) is 1. The molecule has 1 aliphatic rings. The third kappa shape index (κ3) is 5.32. The third-order valence-electron chi connectivity index (χ3n) is 4.55. The lowest BCUT2D eigenvalue weighted by Crippen LogP contribution is -2.48. The van der Waals surface area contributed by atoms with Gasteiger partial charge in [0.25, 0.3) is 0 Å². The largest absolute Gasteiger partial charge is 0.495 e. The molecule has 2 N–H and O–H groups in total. The second-order valence-electron chi connectivity index (χ2n) is 6.45. The van der Waals surface area contributed by atoms with Gasteiger partial charge in [0.2, 0.25) is 5.91 Å². The molecule has 3 rings (SSSR count). The number of amides is 3. The molecule has 1 saturated heterocycles. The van der Waals surface area contributed by atoms with E-state index >= 15 is 0 Å². The molecule has 8 heteroatoms. The zero-order chi connectivity index (χ0) is 20.6. The molecule has 29 heavy (non-hydrogen) atoms. The van der Waals surface area contributed by atoms with Gasteiger partial charge in [-0.3, -0.25) is 14.4 Å².